The Labute approximate surface area is 102 Å². The van der Waals surface area contributed by atoms with Gasteiger partial charge in [0.15, 0.2) is 0 Å². The molecule has 0 atom stereocenters. The maximum Gasteiger partial charge on any atom is 0.132 e. The third-order valence-corrected chi connectivity index (χ3v) is 2.83. The van der Waals surface area contributed by atoms with Gasteiger partial charge in [-0.25, -0.2) is 9.97 Å². The lowest BCUT2D eigenvalue weighted by Gasteiger charge is -2.11. The summed E-state index contributed by atoms with van der Waals surface area (Å²) in [5.41, 5.74) is 4.59. The number of anilines is 1. The van der Waals surface area contributed by atoms with Crippen LogP contribution in [0.2, 0.25) is 0 Å². The largest absolute Gasteiger partial charge is 0.373 e. The quantitative estimate of drug-likeness (QED) is 0.875. The Balaban J connectivity index is 2.59. The summed E-state index contributed by atoms with van der Waals surface area (Å²) in [5, 5.41) is 3.12. The summed E-state index contributed by atoms with van der Waals surface area (Å²) in [7, 11) is 1.89. The second-order valence-corrected chi connectivity index (χ2v) is 4.02. The normalized spacial score (nSPS) is 10.3. The van der Waals surface area contributed by atoms with E-state index in [0.29, 0.717) is 0 Å². The zero-order valence-electron chi connectivity index (χ0n) is 10.5. The molecule has 0 spiro atoms. The van der Waals surface area contributed by atoms with Gasteiger partial charge in [0.25, 0.3) is 0 Å². The molecule has 0 radical (unpaired) electrons. The molecule has 0 aliphatic carbocycles. The highest BCUT2D eigenvalue weighted by atomic mass is 15.0. The minimum absolute atomic E-state index is 0.916. The molecule has 1 aromatic heterocycles. The van der Waals surface area contributed by atoms with Gasteiger partial charge < -0.3 is 5.32 Å². The van der Waals surface area contributed by atoms with E-state index in [0.717, 1.165) is 23.5 Å². The van der Waals surface area contributed by atoms with Gasteiger partial charge in [-0.05, 0) is 19.4 Å². The maximum absolute atomic E-state index is 4.42. The molecular formula is C14H17N3. The van der Waals surface area contributed by atoms with Gasteiger partial charge in [0, 0.05) is 18.2 Å². The van der Waals surface area contributed by atoms with Crippen molar-refractivity contribution in [2.45, 2.75) is 20.3 Å². The average molecular weight is 227 g/mol. The Bertz CT molecular complexity index is 521. The van der Waals surface area contributed by atoms with Gasteiger partial charge in [0.1, 0.15) is 12.1 Å². The molecule has 0 saturated carbocycles. The van der Waals surface area contributed by atoms with Crippen molar-refractivity contribution in [3.8, 4) is 11.3 Å². The lowest BCUT2D eigenvalue weighted by molar-refractivity contribution is 1.05. The van der Waals surface area contributed by atoms with Crippen LogP contribution in [-0.2, 0) is 6.42 Å². The molecule has 2 aromatic rings. The van der Waals surface area contributed by atoms with Crippen LogP contribution in [0, 0.1) is 6.92 Å². The number of benzene rings is 1. The van der Waals surface area contributed by atoms with Gasteiger partial charge in [-0.2, -0.15) is 0 Å². The van der Waals surface area contributed by atoms with Gasteiger partial charge in [-0.3, -0.25) is 0 Å². The third kappa shape index (κ3) is 2.28. The van der Waals surface area contributed by atoms with E-state index in [1.54, 1.807) is 6.33 Å². The standard InChI is InChI=1S/C14H17N3/c1-4-12-13(16-9-17-14(12)15-3)11-7-5-6-10(2)8-11/h5-9H,4H2,1-3H3,(H,15,16,17). The Morgan fingerprint density at radius 3 is 2.71 bits per heavy atom. The Hall–Kier alpha value is -1.90. The van der Waals surface area contributed by atoms with Crippen molar-refractivity contribution in [1.29, 1.82) is 0 Å². The fraction of sp³-hybridized carbons (Fsp3) is 0.286. The topological polar surface area (TPSA) is 37.8 Å². The van der Waals surface area contributed by atoms with Crippen LogP contribution in [0.25, 0.3) is 11.3 Å². The lowest BCUT2D eigenvalue weighted by Crippen LogP contribution is -2.02. The molecule has 1 aromatic carbocycles. The minimum Gasteiger partial charge on any atom is -0.373 e. The number of nitrogens with one attached hydrogen (secondary N) is 1. The number of hydrogen-bond acceptors (Lipinski definition) is 3. The van der Waals surface area contributed by atoms with Crippen LogP contribution in [-0.4, -0.2) is 17.0 Å². The van der Waals surface area contributed by atoms with Gasteiger partial charge >= 0.3 is 0 Å². The molecule has 0 aliphatic rings. The summed E-state index contributed by atoms with van der Waals surface area (Å²) in [6.45, 7) is 4.22. The number of aromatic nitrogens is 2. The van der Waals surface area contributed by atoms with Crippen molar-refractivity contribution in [2.24, 2.45) is 0 Å². The van der Waals surface area contributed by atoms with Crippen LogP contribution in [0.1, 0.15) is 18.1 Å². The van der Waals surface area contributed by atoms with E-state index in [2.05, 4.69) is 53.4 Å². The first-order valence-electron chi connectivity index (χ1n) is 5.85. The Morgan fingerprint density at radius 1 is 1.24 bits per heavy atom. The monoisotopic (exact) mass is 227 g/mol. The van der Waals surface area contributed by atoms with Crippen molar-refractivity contribution in [3.63, 3.8) is 0 Å². The molecule has 17 heavy (non-hydrogen) atoms. The molecule has 0 amide bonds. The molecule has 0 aliphatic heterocycles. The van der Waals surface area contributed by atoms with Crippen molar-refractivity contribution in [3.05, 3.63) is 41.7 Å². The first kappa shape index (κ1) is 11.6. The second kappa shape index (κ2) is 4.95. The Morgan fingerprint density at radius 2 is 2.06 bits per heavy atom. The SMILES string of the molecule is CCc1c(NC)ncnc1-c1cccc(C)c1. The van der Waals surface area contributed by atoms with Crippen molar-refractivity contribution < 1.29 is 0 Å². The average Bonchev–Trinajstić information content (AvgIpc) is 2.37. The zero-order chi connectivity index (χ0) is 12.3. The van der Waals surface area contributed by atoms with Crippen LogP contribution >= 0.6 is 0 Å². The van der Waals surface area contributed by atoms with Crippen LogP contribution in [0.3, 0.4) is 0 Å². The zero-order valence-corrected chi connectivity index (χ0v) is 10.5. The van der Waals surface area contributed by atoms with Gasteiger partial charge in [0.05, 0.1) is 5.69 Å². The summed E-state index contributed by atoms with van der Waals surface area (Å²) >= 11 is 0. The van der Waals surface area contributed by atoms with E-state index in [4.69, 9.17) is 0 Å². The minimum atomic E-state index is 0.916. The highest BCUT2D eigenvalue weighted by Crippen LogP contribution is 2.26. The van der Waals surface area contributed by atoms with E-state index in [1.165, 1.54) is 11.1 Å². The van der Waals surface area contributed by atoms with E-state index in [9.17, 15) is 0 Å². The predicted octanol–water partition coefficient (Wildman–Crippen LogP) is 3.06. The van der Waals surface area contributed by atoms with Crippen LogP contribution < -0.4 is 5.32 Å². The fourth-order valence-corrected chi connectivity index (χ4v) is 2.00. The first-order chi connectivity index (χ1) is 8.26. The number of nitrogens with zero attached hydrogens (tertiary/aromatic N) is 2. The maximum atomic E-state index is 4.42. The van der Waals surface area contributed by atoms with E-state index >= 15 is 0 Å². The number of hydrogen-bond donors (Lipinski definition) is 1. The molecule has 1 heterocycles. The molecule has 0 unspecified atom stereocenters. The molecular weight excluding hydrogens is 210 g/mol. The molecule has 2 rings (SSSR count). The summed E-state index contributed by atoms with van der Waals surface area (Å²) in [5.74, 6) is 0.916. The van der Waals surface area contributed by atoms with Gasteiger partial charge in [-0.15, -0.1) is 0 Å². The Kier molecular flexibility index (Phi) is 3.38. The highest BCUT2D eigenvalue weighted by molar-refractivity contribution is 5.68. The second-order valence-electron chi connectivity index (χ2n) is 4.02. The molecule has 88 valence electrons. The van der Waals surface area contributed by atoms with E-state index in [-0.39, 0.29) is 0 Å². The molecule has 0 fully saturated rings. The van der Waals surface area contributed by atoms with E-state index in [1.807, 2.05) is 7.05 Å². The molecule has 3 heteroatoms. The summed E-state index contributed by atoms with van der Waals surface area (Å²) < 4.78 is 0. The van der Waals surface area contributed by atoms with Crippen molar-refractivity contribution in [1.82, 2.24) is 9.97 Å². The smallest absolute Gasteiger partial charge is 0.132 e. The van der Waals surface area contributed by atoms with Crippen molar-refractivity contribution >= 4 is 5.82 Å². The number of aryl methyl sites for hydroxylation is 1. The van der Waals surface area contributed by atoms with Crippen LogP contribution in [0.5, 0.6) is 0 Å². The summed E-state index contributed by atoms with van der Waals surface area (Å²) in [4.78, 5) is 8.67. The van der Waals surface area contributed by atoms with Gasteiger partial charge in [-0.1, -0.05) is 30.7 Å². The highest BCUT2D eigenvalue weighted by Gasteiger charge is 2.10. The molecule has 0 saturated heterocycles. The van der Waals surface area contributed by atoms with Crippen LogP contribution in [0.15, 0.2) is 30.6 Å². The van der Waals surface area contributed by atoms with Crippen molar-refractivity contribution in [2.75, 3.05) is 12.4 Å². The summed E-state index contributed by atoms with van der Waals surface area (Å²) in [6.07, 6.45) is 2.53. The molecule has 0 bridgehead atoms. The third-order valence-electron chi connectivity index (χ3n) is 2.83. The summed E-state index contributed by atoms with van der Waals surface area (Å²) in [6, 6.07) is 8.40. The molecule has 3 nitrogen and oxygen atoms in total. The fourth-order valence-electron chi connectivity index (χ4n) is 2.00. The number of rotatable bonds is 3. The van der Waals surface area contributed by atoms with Gasteiger partial charge in [0.2, 0.25) is 0 Å². The first-order valence-corrected chi connectivity index (χ1v) is 5.85. The van der Waals surface area contributed by atoms with Crippen LogP contribution in [0.4, 0.5) is 5.82 Å². The lowest BCUT2D eigenvalue weighted by atomic mass is 10.0. The molecule has 1 N–H and O–H groups in total. The predicted molar refractivity (Wildman–Crippen MR) is 71.1 cm³/mol. The van der Waals surface area contributed by atoms with E-state index < -0.39 is 0 Å².